The van der Waals surface area contributed by atoms with E-state index in [1.54, 1.807) is 0 Å². The molecule has 1 amide bonds. The number of amides is 1. The summed E-state index contributed by atoms with van der Waals surface area (Å²) in [6.45, 7) is 0.691. The van der Waals surface area contributed by atoms with Crippen molar-refractivity contribution in [2.24, 2.45) is 11.0 Å². The molecule has 0 bridgehead atoms. The second kappa shape index (κ2) is 5.98. The lowest BCUT2D eigenvalue weighted by molar-refractivity contribution is -0.117. The number of anilines is 1. The van der Waals surface area contributed by atoms with Crippen LogP contribution in [0.2, 0.25) is 0 Å². The van der Waals surface area contributed by atoms with Crippen LogP contribution in [0.25, 0.3) is 10.4 Å². The zero-order chi connectivity index (χ0) is 14.5. The SMILES string of the molecule is COC(=O)c1ccc(N2CC(CN=[N+]=[N-])CC2=O)nn1. The van der Waals surface area contributed by atoms with E-state index in [0.29, 0.717) is 18.8 Å². The highest BCUT2D eigenvalue weighted by Crippen LogP contribution is 2.23. The lowest BCUT2D eigenvalue weighted by Gasteiger charge is -2.14. The summed E-state index contributed by atoms with van der Waals surface area (Å²) in [5.74, 6) is -0.354. The average Bonchev–Trinajstić information content (AvgIpc) is 2.85. The van der Waals surface area contributed by atoms with Crippen molar-refractivity contribution in [1.29, 1.82) is 0 Å². The second-order valence-corrected chi connectivity index (χ2v) is 4.26. The molecule has 1 aliphatic heterocycles. The highest BCUT2D eigenvalue weighted by atomic mass is 16.5. The van der Waals surface area contributed by atoms with Crippen LogP contribution in [0, 0.1) is 5.92 Å². The predicted octanol–water partition coefficient (Wildman–Crippen LogP) is 0.926. The molecule has 20 heavy (non-hydrogen) atoms. The highest BCUT2D eigenvalue weighted by Gasteiger charge is 2.31. The van der Waals surface area contributed by atoms with Crippen molar-refractivity contribution in [3.05, 3.63) is 28.3 Å². The summed E-state index contributed by atoms with van der Waals surface area (Å²) in [5, 5.41) is 11.0. The third-order valence-corrected chi connectivity index (χ3v) is 2.93. The maximum Gasteiger partial charge on any atom is 0.358 e. The number of aromatic nitrogens is 2. The minimum Gasteiger partial charge on any atom is -0.464 e. The molecular formula is C11H12N6O3. The molecule has 0 aromatic carbocycles. The highest BCUT2D eigenvalue weighted by molar-refractivity contribution is 5.95. The van der Waals surface area contributed by atoms with Gasteiger partial charge in [0.2, 0.25) is 5.91 Å². The fourth-order valence-corrected chi connectivity index (χ4v) is 1.96. The fourth-order valence-electron chi connectivity index (χ4n) is 1.96. The number of hydrogen-bond acceptors (Lipinski definition) is 6. The third-order valence-electron chi connectivity index (χ3n) is 2.93. The van der Waals surface area contributed by atoms with Gasteiger partial charge < -0.3 is 4.74 Å². The first-order valence-corrected chi connectivity index (χ1v) is 5.89. The third kappa shape index (κ3) is 2.83. The van der Waals surface area contributed by atoms with E-state index in [9.17, 15) is 9.59 Å². The molecule has 1 atom stereocenters. The Morgan fingerprint density at radius 3 is 3.00 bits per heavy atom. The van der Waals surface area contributed by atoms with Crippen molar-refractivity contribution in [3.8, 4) is 0 Å². The lowest BCUT2D eigenvalue weighted by Crippen LogP contribution is -2.26. The molecule has 1 saturated heterocycles. The van der Waals surface area contributed by atoms with Crippen LogP contribution in [0.5, 0.6) is 0 Å². The number of carbonyl (C=O) groups excluding carboxylic acids is 2. The van der Waals surface area contributed by atoms with Gasteiger partial charge in [0.15, 0.2) is 11.5 Å². The minimum absolute atomic E-state index is 0.0273. The van der Waals surface area contributed by atoms with Crippen LogP contribution in [-0.4, -0.2) is 42.3 Å². The van der Waals surface area contributed by atoms with Crippen LogP contribution in [-0.2, 0) is 9.53 Å². The summed E-state index contributed by atoms with van der Waals surface area (Å²) in [6.07, 6.45) is 0.305. The van der Waals surface area contributed by atoms with Gasteiger partial charge in [-0.1, -0.05) is 5.11 Å². The maximum absolute atomic E-state index is 11.9. The summed E-state index contributed by atoms with van der Waals surface area (Å²) >= 11 is 0. The summed E-state index contributed by atoms with van der Waals surface area (Å²) in [7, 11) is 1.25. The number of carbonyl (C=O) groups is 2. The fraction of sp³-hybridized carbons (Fsp3) is 0.455. The minimum atomic E-state index is -0.585. The van der Waals surface area contributed by atoms with Crippen molar-refractivity contribution < 1.29 is 14.3 Å². The van der Waals surface area contributed by atoms with E-state index in [1.165, 1.54) is 24.1 Å². The zero-order valence-corrected chi connectivity index (χ0v) is 10.8. The van der Waals surface area contributed by atoms with Crippen LogP contribution in [0.4, 0.5) is 5.82 Å². The molecule has 0 N–H and O–H groups in total. The molecular weight excluding hydrogens is 264 g/mol. The molecule has 0 aliphatic carbocycles. The number of esters is 1. The van der Waals surface area contributed by atoms with Crippen LogP contribution in [0.15, 0.2) is 17.2 Å². The maximum atomic E-state index is 11.9. The van der Waals surface area contributed by atoms with Gasteiger partial charge >= 0.3 is 5.97 Å². The Hall–Kier alpha value is -2.67. The molecule has 1 aromatic heterocycles. The van der Waals surface area contributed by atoms with Crippen molar-refractivity contribution >= 4 is 17.7 Å². The van der Waals surface area contributed by atoms with Crippen LogP contribution in [0.1, 0.15) is 16.9 Å². The zero-order valence-electron chi connectivity index (χ0n) is 10.8. The number of ether oxygens (including phenoxy) is 1. The summed E-state index contributed by atoms with van der Waals surface area (Å²) < 4.78 is 4.52. The van der Waals surface area contributed by atoms with Crippen LogP contribution < -0.4 is 4.90 Å². The molecule has 1 unspecified atom stereocenters. The molecule has 0 spiro atoms. The van der Waals surface area contributed by atoms with E-state index in [2.05, 4.69) is 25.0 Å². The van der Waals surface area contributed by atoms with Gasteiger partial charge in [-0.05, 0) is 23.6 Å². The van der Waals surface area contributed by atoms with Gasteiger partial charge in [-0.2, -0.15) is 0 Å². The van der Waals surface area contributed by atoms with Gasteiger partial charge in [-0.25, -0.2) is 4.79 Å². The monoisotopic (exact) mass is 276 g/mol. The van der Waals surface area contributed by atoms with E-state index >= 15 is 0 Å². The first-order chi connectivity index (χ1) is 9.65. The standard InChI is InChI=1S/C11H12N6O3/c1-20-11(19)8-2-3-9(15-14-8)17-6-7(4-10(17)18)5-13-16-12/h2-3,7H,4-6H2,1H3. The number of azide groups is 1. The summed E-state index contributed by atoms with van der Waals surface area (Å²) in [4.78, 5) is 27.2. The van der Waals surface area contributed by atoms with Gasteiger partial charge in [0.05, 0.1) is 7.11 Å². The van der Waals surface area contributed by atoms with Gasteiger partial charge in [-0.15, -0.1) is 10.2 Å². The first kappa shape index (κ1) is 13.8. The van der Waals surface area contributed by atoms with Gasteiger partial charge in [0.1, 0.15) is 0 Å². The average molecular weight is 276 g/mol. The molecule has 2 rings (SSSR count). The molecule has 1 aliphatic rings. The normalized spacial score (nSPS) is 17.8. The Kier molecular flexibility index (Phi) is 4.11. The smallest absolute Gasteiger partial charge is 0.358 e. The summed E-state index contributed by atoms with van der Waals surface area (Å²) in [6, 6.07) is 2.98. The molecule has 104 valence electrons. The Morgan fingerprint density at radius 1 is 1.60 bits per heavy atom. The van der Waals surface area contributed by atoms with E-state index in [4.69, 9.17) is 5.53 Å². The van der Waals surface area contributed by atoms with Crippen molar-refractivity contribution in [2.75, 3.05) is 25.1 Å². The van der Waals surface area contributed by atoms with Crippen molar-refractivity contribution in [2.45, 2.75) is 6.42 Å². The lowest BCUT2D eigenvalue weighted by atomic mass is 10.1. The van der Waals surface area contributed by atoms with E-state index in [0.717, 1.165) is 0 Å². The summed E-state index contributed by atoms with van der Waals surface area (Å²) in [5.41, 5.74) is 8.35. The van der Waals surface area contributed by atoms with E-state index in [1.807, 2.05) is 0 Å². The molecule has 0 saturated carbocycles. The van der Waals surface area contributed by atoms with E-state index in [-0.39, 0.29) is 24.1 Å². The second-order valence-electron chi connectivity index (χ2n) is 4.26. The van der Waals surface area contributed by atoms with E-state index < -0.39 is 5.97 Å². The van der Waals surface area contributed by atoms with Crippen LogP contribution in [0.3, 0.4) is 0 Å². The number of rotatable bonds is 4. The molecule has 1 aromatic rings. The molecule has 9 nitrogen and oxygen atoms in total. The van der Waals surface area contributed by atoms with Crippen molar-refractivity contribution in [1.82, 2.24) is 10.2 Å². The number of hydrogen-bond donors (Lipinski definition) is 0. The molecule has 1 fully saturated rings. The Balaban J connectivity index is 2.10. The predicted molar refractivity (Wildman–Crippen MR) is 67.8 cm³/mol. The molecule has 9 heteroatoms. The van der Waals surface area contributed by atoms with Gasteiger partial charge in [0.25, 0.3) is 0 Å². The molecule has 0 radical (unpaired) electrons. The quantitative estimate of drug-likeness (QED) is 0.350. The van der Waals surface area contributed by atoms with Gasteiger partial charge in [0, 0.05) is 24.4 Å². The van der Waals surface area contributed by atoms with Crippen LogP contribution >= 0.6 is 0 Å². The largest absolute Gasteiger partial charge is 0.464 e. The van der Waals surface area contributed by atoms with Gasteiger partial charge in [-0.3, -0.25) is 9.69 Å². The Bertz CT molecular complexity index is 566. The first-order valence-electron chi connectivity index (χ1n) is 5.89. The Labute approximate surface area is 114 Å². The number of methoxy groups -OCH3 is 1. The Morgan fingerprint density at radius 2 is 2.40 bits per heavy atom. The number of nitrogens with zero attached hydrogens (tertiary/aromatic N) is 6. The topological polar surface area (TPSA) is 121 Å². The van der Waals surface area contributed by atoms with Crippen molar-refractivity contribution in [3.63, 3.8) is 0 Å². The molecule has 2 heterocycles.